The SMILES string of the molecule is C=C[C@H]1C[C@H](O)CN1C(=O)OC(C)(C)C. The predicted octanol–water partition coefficient (Wildman–Crippen LogP) is 1.54. The summed E-state index contributed by atoms with van der Waals surface area (Å²) in [5.41, 5.74) is -0.504. The van der Waals surface area contributed by atoms with Gasteiger partial charge >= 0.3 is 6.09 Å². The molecule has 0 bridgehead atoms. The van der Waals surface area contributed by atoms with Crippen molar-refractivity contribution in [2.24, 2.45) is 0 Å². The zero-order chi connectivity index (χ0) is 11.6. The van der Waals surface area contributed by atoms with Crippen molar-refractivity contribution in [2.45, 2.75) is 44.9 Å². The first-order valence-corrected chi connectivity index (χ1v) is 5.13. The summed E-state index contributed by atoms with van der Waals surface area (Å²) in [6.45, 7) is 9.43. The average Bonchev–Trinajstić information content (AvgIpc) is 2.43. The minimum atomic E-state index is -0.504. The normalized spacial score (nSPS) is 26.5. The number of aliphatic hydroxyl groups is 1. The largest absolute Gasteiger partial charge is 0.444 e. The highest BCUT2D eigenvalue weighted by molar-refractivity contribution is 5.69. The molecule has 86 valence electrons. The molecular formula is C11H19NO3. The van der Waals surface area contributed by atoms with E-state index < -0.39 is 11.7 Å². The maximum atomic E-state index is 11.7. The lowest BCUT2D eigenvalue weighted by molar-refractivity contribution is 0.0235. The highest BCUT2D eigenvalue weighted by atomic mass is 16.6. The minimum Gasteiger partial charge on any atom is -0.444 e. The van der Waals surface area contributed by atoms with Crippen molar-refractivity contribution in [1.29, 1.82) is 0 Å². The molecule has 4 heteroatoms. The minimum absolute atomic E-state index is 0.116. The number of carbonyl (C=O) groups is 1. The van der Waals surface area contributed by atoms with Gasteiger partial charge in [-0.3, -0.25) is 4.90 Å². The summed E-state index contributed by atoms with van der Waals surface area (Å²) in [4.78, 5) is 13.2. The van der Waals surface area contributed by atoms with Crippen LogP contribution < -0.4 is 0 Å². The van der Waals surface area contributed by atoms with Crippen molar-refractivity contribution in [3.63, 3.8) is 0 Å². The third-order valence-electron chi connectivity index (χ3n) is 2.22. The molecule has 1 aliphatic rings. The number of ether oxygens (including phenoxy) is 1. The highest BCUT2D eigenvalue weighted by Gasteiger charge is 2.34. The Kier molecular flexibility index (Phi) is 3.39. The zero-order valence-corrected chi connectivity index (χ0v) is 9.56. The number of aliphatic hydroxyl groups excluding tert-OH is 1. The van der Waals surface area contributed by atoms with Crippen LogP contribution in [0.15, 0.2) is 12.7 Å². The van der Waals surface area contributed by atoms with Gasteiger partial charge < -0.3 is 9.84 Å². The summed E-state index contributed by atoms with van der Waals surface area (Å²) in [6.07, 6.45) is 1.35. The predicted molar refractivity (Wildman–Crippen MR) is 57.5 cm³/mol. The van der Waals surface area contributed by atoms with E-state index in [-0.39, 0.29) is 12.1 Å². The number of carbonyl (C=O) groups excluding carboxylic acids is 1. The maximum Gasteiger partial charge on any atom is 0.410 e. The Hall–Kier alpha value is -1.03. The van der Waals surface area contributed by atoms with Crippen LogP contribution in [0.1, 0.15) is 27.2 Å². The fraction of sp³-hybridized carbons (Fsp3) is 0.727. The van der Waals surface area contributed by atoms with Gasteiger partial charge in [0.25, 0.3) is 0 Å². The van der Waals surface area contributed by atoms with Crippen LogP contribution >= 0.6 is 0 Å². The molecular weight excluding hydrogens is 194 g/mol. The summed E-state index contributed by atoms with van der Waals surface area (Å²) in [7, 11) is 0. The molecule has 1 saturated heterocycles. The van der Waals surface area contributed by atoms with Crippen LogP contribution in [0.25, 0.3) is 0 Å². The topological polar surface area (TPSA) is 49.8 Å². The quantitative estimate of drug-likeness (QED) is 0.672. The van der Waals surface area contributed by atoms with Crippen molar-refractivity contribution >= 4 is 6.09 Å². The molecule has 0 aromatic heterocycles. The summed E-state index contributed by atoms with van der Waals surface area (Å²) >= 11 is 0. The molecule has 0 aromatic carbocycles. The van der Waals surface area contributed by atoms with Crippen LogP contribution in [-0.2, 0) is 4.74 Å². The van der Waals surface area contributed by atoms with Gasteiger partial charge in [-0.2, -0.15) is 0 Å². The molecule has 0 saturated carbocycles. The maximum absolute atomic E-state index is 11.7. The Morgan fingerprint density at radius 2 is 2.20 bits per heavy atom. The average molecular weight is 213 g/mol. The standard InChI is InChI=1S/C11H19NO3/c1-5-8-6-9(13)7-12(8)10(14)15-11(2,3)4/h5,8-9,13H,1,6-7H2,2-4H3/t8-,9-/m0/s1. The molecule has 2 atom stereocenters. The Bertz CT molecular complexity index is 257. The molecule has 1 aliphatic heterocycles. The van der Waals surface area contributed by atoms with Crippen LogP contribution in [0, 0.1) is 0 Å². The number of likely N-dealkylation sites (tertiary alicyclic amines) is 1. The van der Waals surface area contributed by atoms with Gasteiger partial charge in [0.05, 0.1) is 18.7 Å². The fourth-order valence-corrected chi connectivity index (χ4v) is 1.60. The van der Waals surface area contributed by atoms with E-state index in [1.54, 1.807) is 6.08 Å². The lowest BCUT2D eigenvalue weighted by Crippen LogP contribution is -2.39. The van der Waals surface area contributed by atoms with E-state index in [9.17, 15) is 9.90 Å². The van der Waals surface area contributed by atoms with Crippen LogP contribution in [-0.4, -0.2) is 40.4 Å². The number of amides is 1. The first-order valence-electron chi connectivity index (χ1n) is 5.13. The van der Waals surface area contributed by atoms with Gasteiger partial charge in [-0.1, -0.05) is 6.08 Å². The second kappa shape index (κ2) is 4.23. The van der Waals surface area contributed by atoms with Crippen LogP contribution in [0.2, 0.25) is 0 Å². The van der Waals surface area contributed by atoms with E-state index in [4.69, 9.17) is 4.74 Å². The Balaban J connectivity index is 2.63. The molecule has 0 spiro atoms. The van der Waals surface area contributed by atoms with Crippen molar-refractivity contribution in [1.82, 2.24) is 4.90 Å². The number of hydrogen-bond donors (Lipinski definition) is 1. The monoisotopic (exact) mass is 213 g/mol. The summed E-state index contributed by atoms with van der Waals surface area (Å²) < 4.78 is 5.23. The smallest absolute Gasteiger partial charge is 0.410 e. The van der Waals surface area contributed by atoms with E-state index in [2.05, 4.69) is 6.58 Å². The second-order valence-electron chi connectivity index (χ2n) is 4.83. The molecule has 0 aromatic rings. The van der Waals surface area contributed by atoms with Gasteiger partial charge in [0.15, 0.2) is 0 Å². The van der Waals surface area contributed by atoms with Gasteiger partial charge in [-0.25, -0.2) is 4.79 Å². The van der Waals surface area contributed by atoms with Crippen LogP contribution in [0.4, 0.5) is 4.79 Å². The van der Waals surface area contributed by atoms with E-state index in [0.717, 1.165) is 0 Å². The molecule has 1 N–H and O–H groups in total. The Morgan fingerprint density at radius 1 is 1.60 bits per heavy atom. The van der Waals surface area contributed by atoms with E-state index in [0.29, 0.717) is 13.0 Å². The summed E-state index contributed by atoms with van der Waals surface area (Å²) in [5, 5.41) is 9.45. The molecule has 4 nitrogen and oxygen atoms in total. The van der Waals surface area contributed by atoms with Gasteiger partial charge in [0.2, 0.25) is 0 Å². The fourth-order valence-electron chi connectivity index (χ4n) is 1.60. The molecule has 1 amide bonds. The van der Waals surface area contributed by atoms with Crippen molar-refractivity contribution in [3.8, 4) is 0 Å². The lowest BCUT2D eigenvalue weighted by Gasteiger charge is -2.27. The molecule has 1 fully saturated rings. The third kappa shape index (κ3) is 3.23. The van der Waals surface area contributed by atoms with E-state index in [1.807, 2.05) is 20.8 Å². The first-order chi connectivity index (χ1) is 6.83. The molecule has 15 heavy (non-hydrogen) atoms. The first kappa shape index (κ1) is 12.0. The van der Waals surface area contributed by atoms with Crippen LogP contribution in [0.3, 0.4) is 0 Å². The number of hydrogen-bond acceptors (Lipinski definition) is 3. The summed E-state index contributed by atoms with van der Waals surface area (Å²) in [5.74, 6) is 0. The summed E-state index contributed by atoms with van der Waals surface area (Å²) in [6, 6.07) is -0.116. The lowest BCUT2D eigenvalue weighted by atomic mass is 10.2. The van der Waals surface area contributed by atoms with Crippen molar-refractivity contribution in [2.75, 3.05) is 6.54 Å². The highest BCUT2D eigenvalue weighted by Crippen LogP contribution is 2.21. The Labute approximate surface area is 90.5 Å². The van der Waals surface area contributed by atoms with E-state index in [1.165, 1.54) is 4.90 Å². The van der Waals surface area contributed by atoms with Gasteiger partial charge in [0, 0.05) is 0 Å². The van der Waals surface area contributed by atoms with Gasteiger partial charge in [0.1, 0.15) is 5.60 Å². The second-order valence-corrected chi connectivity index (χ2v) is 4.83. The van der Waals surface area contributed by atoms with Gasteiger partial charge in [-0.05, 0) is 27.2 Å². The molecule has 0 aliphatic carbocycles. The van der Waals surface area contributed by atoms with Crippen molar-refractivity contribution < 1.29 is 14.6 Å². The molecule has 0 unspecified atom stereocenters. The third-order valence-corrected chi connectivity index (χ3v) is 2.22. The molecule has 0 radical (unpaired) electrons. The molecule has 1 rings (SSSR count). The van der Waals surface area contributed by atoms with Crippen LogP contribution in [0.5, 0.6) is 0 Å². The zero-order valence-electron chi connectivity index (χ0n) is 9.56. The van der Waals surface area contributed by atoms with E-state index >= 15 is 0 Å². The van der Waals surface area contributed by atoms with Crippen molar-refractivity contribution in [3.05, 3.63) is 12.7 Å². The molecule has 1 heterocycles. The Morgan fingerprint density at radius 3 is 2.67 bits per heavy atom. The van der Waals surface area contributed by atoms with Gasteiger partial charge in [-0.15, -0.1) is 6.58 Å². The number of β-amino-alcohol motifs (C(OH)–C–C–N with tert-alkyl or cyclic N) is 1. The number of rotatable bonds is 1. The number of nitrogens with zero attached hydrogens (tertiary/aromatic N) is 1.